The molecule has 1 amide bonds. The molecule has 0 aliphatic carbocycles. The lowest BCUT2D eigenvalue weighted by molar-refractivity contribution is 0.0860. The van der Waals surface area contributed by atoms with Crippen molar-refractivity contribution in [1.82, 2.24) is 15.3 Å². The normalized spacial score (nSPS) is 16.0. The van der Waals surface area contributed by atoms with E-state index >= 15 is 0 Å². The monoisotopic (exact) mass is 426 g/mol. The van der Waals surface area contributed by atoms with Crippen LogP contribution in [-0.4, -0.2) is 48.8 Å². The average Bonchev–Trinajstić information content (AvgIpc) is 3.41. The van der Waals surface area contributed by atoms with Crippen molar-refractivity contribution in [3.05, 3.63) is 46.6 Å². The second kappa shape index (κ2) is 9.40. The molecule has 1 aromatic carbocycles. The van der Waals surface area contributed by atoms with Gasteiger partial charge in [-0.15, -0.1) is 11.3 Å². The zero-order valence-electron chi connectivity index (χ0n) is 17.2. The molecule has 2 aromatic heterocycles. The van der Waals surface area contributed by atoms with Crippen LogP contribution in [0.1, 0.15) is 33.6 Å². The van der Waals surface area contributed by atoms with Gasteiger partial charge >= 0.3 is 0 Å². The highest BCUT2D eigenvalue weighted by molar-refractivity contribution is 7.20. The quantitative estimate of drug-likeness (QED) is 0.573. The van der Waals surface area contributed by atoms with Gasteiger partial charge in [0.2, 0.25) is 0 Å². The molecule has 0 bridgehead atoms. The predicted octanol–water partition coefficient (Wildman–Crippen LogP) is 3.57. The Morgan fingerprint density at radius 2 is 2.27 bits per heavy atom. The van der Waals surface area contributed by atoms with Crippen molar-refractivity contribution in [2.75, 3.05) is 32.1 Å². The largest absolute Gasteiger partial charge is 0.497 e. The molecule has 158 valence electrons. The van der Waals surface area contributed by atoms with Crippen molar-refractivity contribution in [2.45, 2.75) is 32.3 Å². The van der Waals surface area contributed by atoms with Crippen molar-refractivity contribution < 1.29 is 14.3 Å². The summed E-state index contributed by atoms with van der Waals surface area (Å²) in [7, 11) is 1.67. The number of nitrogens with zero attached hydrogens (tertiary/aromatic N) is 2. The molecule has 1 saturated heterocycles. The molecule has 7 nitrogen and oxygen atoms in total. The number of carbonyl (C=O) groups is 1. The first-order valence-corrected chi connectivity index (χ1v) is 11.0. The molecule has 30 heavy (non-hydrogen) atoms. The summed E-state index contributed by atoms with van der Waals surface area (Å²) in [6.45, 7) is 4.00. The van der Waals surface area contributed by atoms with E-state index in [1.807, 2.05) is 25.1 Å². The van der Waals surface area contributed by atoms with Crippen molar-refractivity contribution >= 4 is 33.3 Å². The van der Waals surface area contributed by atoms with E-state index in [2.05, 4.69) is 26.7 Å². The summed E-state index contributed by atoms with van der Waals surface area (Å²) in [5.41, 5.74) is 2.09. The van der Waals surface area contributed by atoms with Gasteiger partial charge in [-0.25, -0.2) is 9.97 Å². The van der Waals surface area contributed by atoms with E-state index in [4.69, 9.17) is 9.47 Å². The van der Waals surface area contributed by atoms with Crippen LogP contribution in [0.5, 0.6) is 5.75 Å². The second-order valence-corrected chi connectivity index (χ2v) is 8.33. The van der Waals surface area contributed by atoms with Crippen LogP contribution in [0.3, 0.4) is 0 Å². The minimum absolute atomic E-state index is 0.0756. The number of rotatable bonds is 8. The molecule has 3 aromatic rings. The number of aryl methyl sites for hydroxylation is 1. The predicted molar refractivity (Wildman–Crippen MR) is 119 cm³/mol. The number of fused-ring (bicyclic) bond motifs is 1. The molecule has 1 atom stereocenters. The van der Waals surface area contributed by atoms with Crippen LogP contribution in [0, 0.1) is 6.92 Å². The molecule has 1 fully saturated rings. The van der Waals surface area contributed by atoms with Crippen LogP contribution in [0.4, 0.5) is 5.82 Å². The van der Waals surface area contributed by atoms with E-state index in [0.717, 1.165) is 59.8 Å². The van der Waals surface area contributed by atoms with E-state index in [-0.39, 0.29) is 12.0 Å². The van der Waals surface area contributed by atoms with Gasteiger partial charge in [0.15, 0.2) is 0 Å². The summed E-state index contributed by atoms with van der Waals surface area (Å²) in [5.74, 6) is 1.53. The Labute approximate surface area is 179 Å². The Balaban J connectivity index is 1.45. The van der Waals surface area contributed by atoms with Crippen molar-refractivity contribution in [1.29, 1.82) is 0 Å². The van der Waals surface area contributed by atoms with Crippen molar-refractivity contribution in [3.63, 3.8) is 0 Å². The lowest BCUT2D eigenvalue weighted by Crippen LogP contribution is -2.31. The molecule has 0 radical (unpaired) electrons. The highest BCUT2D eigenvalue weighted by Gasteiger charge is 2.21. The van der Waals surface area contributed by atoms with Gasteiger partial charge in [0.25, 0.3) is 5.91 Å². The average molecular weight is 427 g/mol. The summed E-state index contributed by atoms with van der Waals surface area (Å²) >= 11 is 1.40. The van der Waals surface area contributed by atoms with Crippen LogP contribution in [-0.2, 0) is 11.2 Å². The van der Waals surface area contributed by atoms with Crippen LogP contribution in [0.2, 0.25) is 0 Å². The molecular formula is C22H26N4O3S. The molecule has 1 unspecified atom stereocenters. The lowest BCUT2D eigenvalue weighted by Gasteiger charge is -2.10. The Kier molecular flexibility index (Phi) is 6.44. The Morgan fingerprint density at radius 3 is 3.07 bits per heavy atom. The fourth-order valence-corrected chi connectivity index (χ4v) is 4.73. The van der Waals surface area contributed by atoms with Crippen LogP contribution in [0.15, 0.2) is 30.6 Å². The van der Waals surface area contributed by atoms with E-state index in [9.17, 15) is 4.79 Å². The smallest absolute Gasteiger partial charge is 0.261 e. The first-order chi connectivity index (χ1) is 14.7. The molecular weight excluding hydrogens is 400 g/mol. The van der Waals surface area contributed by atoms with Crippen molar-refractivity contribution in [2.24, 2.45) is 0 Å². The molecule has 2 N–H and O–H groups in total. The van der Waals surface area contributed by atoms with E-state index < -0.39 is 0 Å². The summed E-state index contributed by atoms with van der Waals surface area (Å²) in [6.07, 6.45) is 4.56. The Hall–Kier alpha value is -2.71. The topological polar surface area (TPSA) is 85.4 Å². The highest BCUT2D eigenvalue weighted by atomic mass is 32.1. The minimum Gasteiger partial charge on any atom is -0.497 e. The summed E-state index contributed by atoms with van der Waals surface area (Å²) < 4.78 is 10.9. The number of anilines is 1. The molecule has 1 aliphatic rings. The molecule has 0 saturated carbocycles. The van der Waals surface area contributed by atoms with E-state index in [0.29, 0.717) is 11.4 Å². The third kappa shape index (κ3) is 4.55. The lowest BCUT2D eigenvalue weighted by atomic mass is 10.1. The Bertz CT molecular complexity index is 1030. The third-order valence-electron chi connectivity index (χ3n) is 5.29. The third-order valence-corrected chi connectivity index (χ3v) is 6.49. The van der Waals surface area contributed by atoms with Gasteiger partial charge in [-0.05, 0) is 49.4 Å². The fraction of sp³-hybridized carbons (Fsp3) is 0.409. The van der Waals surface area contributed by atoms with Gasteiger partial charge in [-0.2, -0.15) is 0 Å². The maximum atomic E-state index is 12.7. The summed E-state index contributed by atoms with van der Waals surface area (Å²) in [5, 5.41) is 7.32. The number of nitrogens with one attached hydrogen (secondary N) is 2. The number of benzene rings is 1. The number of aromatic nitrogens is 2. The maximum Gasteiger partial charge on any atom is 0.261 e. The fourth-order valence-electron chi connectivity index (χ4n) is 3.67. The zero-order valence-corrected chi connectivity index (χ0v) is 18.1. The van der Waals surface area contributed by atoms with Gasteiger partial charge in [-0.1, -0.05) is 12.1 Å². The summed E-state index contributed by atoms with van der Waals surface area (Å²) in [6, 6.07) is 8.03. The van der Waals surface area contributed by atoms with Crippen LogP contribution >= 0.6 is 11.3 Å². The van der Waals surface area contributed by atoms with Crippen LogP contribution < -0.4 is 15.4 Å². The molecule has 3 heterocycles. The SMILES string of the molecule is COc1cccc(CCNc2ncnc3sc(C(=O)NCC4CCCO4)c(C)c23)c1. The number of thiophene rings is 1. The van der Waals surface area contributed by atoms with Gasteiger partial charge in [0.05, 0.1) is 23.5 Å². The van der Waals surface area contributed by atoms with Gasteiger partial charge in [-0.3, -0.25) is 4.79 Å². The zero-order chi connectivity index (χ0) is 20.9. The number of carbonyl (C=O) groups excluding carboxylic acids is 1. The first kappa shape index (κ1) is 20.6. The number of hydrogen-bond acceptors (Lipinski definition) is 7. The first-order valence-electron chi connectivity index (χ1n) is 10.2. The minimum atomic E-state index is -0.0756. The molecule has 4 rings (SSSR count). The van der Waals surface area contributed by atoms with Gasteiger partial charge in [0.1, 0.15) is 22.7 Å². The van der Waals surface area contributed by atoms with Gasteiger partial charge in [0, 0.05) is 19.7 Å². The molecule has 1 aliphatic heterocycles. The maximum absolute atomic E-state index is 12.7. The summed E-state index contributed by atoms with van der Waals surface area (Å²) in [4.78, 5) is 23.0. The Morgan fingerprint density at radius 1 is 1.37 bits per heavy atom. The molecule has 8 heteroatoms. The van der Waals surface area contributed by atoms with E-state index in [1.54, 1.807) is 13.4 Å². The van der Waals surface area contributed by atoms with Gasteiger partial charge < -0.3 is 20.1 Å². The number of amides is 1. The number of ether oxygens (including phenoxy) is 2. The number of hydrogen-bond donors (Lipinski definition) is 2. The van der Waals surface area contributed by atoms with Crippen molar-refractivity contribution in [3.8, 4) is 5.75 Å². The van der Waals surface area contributed by atoms with E-state index in [1.165, 1.54) is 16.9 Å². The molecule has 0 spiro atoms. The standard InChI is InChI=1S/C22H26N4O3S/c1-14-18-20(23-9-8-15-5-3-6-16(11-15)28-2)25-13-26-22(18)30-19(14)21(27)24-12-17-7-4-10-29-17/h3,5-6,11,13,17H,4,7-10,12H2,1-2H3,(H,24,27)(H,23,25,26). The number of methoxy groups -OCH3 is 1. The van der Waals surface area contributed by atoms with Crippen LogP contribution in [0.25, 0.3) is 10.2 Å². The highest BCUT2D eigenvalue weighted by Crippen LogP contribution is 2.33. The second-order valence-electron chi connectivity index (χ2n) is 7.33.